The minimum atomic E-state index is -0.502. The number of nitrogens with zero attached hydrogens (tertiary/aromatic N) is 1. The number of carbonyl (C=O) groups is 1. The molecular formula is C12H11FN2O3. The van der Waals surface area contributed by atoms with Crippen molar-refractivity contribution < 1.29 is 13.9 Å². The number of rotatable bonds is 3. The largest absolute Gasteiger partial charge is 0.469 e. The molecule has 2 rings (SSSR count). The van der Waals surface area contributed by atoms with Gasteiger partial charge < -0.3 is 4.74 Å². The molecule has 0 amide bonds. The molecule has 5 nitrogen and oxygen atoms in total. The first-order valence-corrected chi connectivity index (χ1v) is 5.24. The van der Waals surface area contributed by atoms with Gasteiger partial charge in [0.1, 0.15) is 5.82 Å². The summed E-state index contributed by atoms with van der Waals surface area (Å²) in [5.74, 6) is -0.944. The molecule has 0 aliphatic heterocycles. The maximum atomic E-state index is 13.1. The molecule has 1 aromatic heterocycles. The lowest BCUT2D eigenvalue weighted by Crippen LogP contribution is -2.19. The van der Waals surface area contributed by atoms with Crippen LogP contribution in [0.3, 0.4) is 0 Å². The van der Waals surface area contributed by atoms with Crippen molar-refractivity contribution >= 4 is 5.97 Å². The van der Waals surface area contributed by atoms with Gasteiger partial charge in [0.25, 0.3) is 5.56 Å². The second-order valence-corrected chi connectivity index (χ2v) is 3.67. The van der Waals surface area contributed by atoms with Gasteiger partial charge in [-0.15, -0.1) is 0 Å². The van der Waals surface area contributed by atoms with Crippen molar-refractivity contribution in [3.63, 3.8) is 0 Å². The lowest BCUT2D eigenvalue weighted by atomic mass is 10.2. The summed E-state index contributed by atoms with van der Waals surface area (Å²) in [6.07, 6.45) is 1.29. The molecular weight excluding hydrogens is 239 g/mol. The SMILES string of the molecule is COC(=O)Cc1c[nH]n(-c2cccc(F)c2)c1=O. The number of benzene rings is 1. The van der Waals surface area contributed by atoms with E-state index in [9.17, 15) is 14.0 Å². The maximum Gasteiger partial charge on any atom is 0.310 e. The van der Waals surface area contributed by atoms with Gasteiger partial charge in [-0.25, -0.2) is 9.07 Å². The number of nitrogens with one attached hydrogen (secondary N) is 1. The van der Waals surface area contributed by atoms with Crippen molar-refractivity contribution in [1.82, 2.24) is 9.78 Å². The quantitative estimate of drug-likeness (QED) is 0.827. The molecule has 0 saturated carbocycles. The summed E-state index contributed by atoms with van der Waals surface area (Å²) in [6.45, 7) is 0. The molecule has 0 atom stereocenters. The molecule has 1 N–H and O–H groups in total. The van der Waals surface area contributed by atoms with Crippen molar-refractivity contribution in [2.45, 2.75) is 6.42 Å². The van der Waals surface area contributed by atoms with Gasteiger partial charge in [-0.2, -0.15) is 0 Å². The molecule has 2 aromatic rings. The molecule has 1 aromatic carbocycles. The molecule has 0 unspecified atom stereocenters. The second-order valence-electron chi connectivity index (χ2n) is 3.67. The molecule has 1 heterocycles. The molecule has 0 saturated heterocycles. The summed E-state index contributed by atoms with van der Waals surface area (Å²) in [4.78, 5) is 23.0. The summed E-state index contributed by atoms with van der Waals surface area (Å²) < 4.78 is 18.7. The number of methoxy groups -OCH3 is 1. The number of hydrogen-bond acceptors (Lipinski definition) is 3. The van der Waals surface area contributed by atoms with Crippen LogP contribution in [0.15, 0.2) is 35.3 Å². The zero-order chi connectivity index (χ0) is 13.1. The van der Waals surface area contributed by atoms with E-state index < -0.39 is 17.3 Å². The smallest absolute Gasteiger partial charge is 0.310 e. The topological polar surface area (TPSA) is 64.1 Å². The van der Waals surface area contributed by atoms with Gasteiger partial charge in [0, 0.05) is 11.8 Å². The van der Waals surface area contributed by atoms with Crippen LogP contribution in [0.1, 0.15) is 5.56 Å². The first kappa shape index (κ1) is 12.1. The van der Waals surface area contributed by atoms with Crippen LogP contribution in [-0.4, -0.2) is 22.9 Å². The fourth-order valence-electron chi connectivity index (χ4n) is 1.57. The normalized spacial score (nSPS) is 10.3. The van der Waals surface area contributed by atoms with Crippen LogP contribution in [0, 0.1) is 5.82 Å². The van der Waals surface area contributed by atoms with Gasteiger partial charge in [-0.1, -0.05) is 6.07 Å². The molecule has 0 spiro atoms. The number of carbonyl (C=O) groups excluding carboxylic acids is 1. The Morgan fingerprint density at radius 2 is 2.28 bits per heavy atom. The van der Waals surface area contributed by atoms with Crippen LogP contribution >= 0.6 is 0 Å². The number of esters is 1. The van der Waals surface area contributed by atoms with Gasteiger partial charge in [0.05, 0.1) is 19.2 Å². The number of ether oxygens (including phenoxy) is 1. The lowest BCUT2D eigenvalue weighted by molar-refractivity contribution is -0.139. The third-order valence-corrected chi connectivity index (χ3v) is 2.47. The molecule has 0 aliphatic carbocycles. The van der Waals surface area contributed by atoms with Gasteiger partial charge in [-0.05, 0) is 18.2 Å². The van der Waals surface area contributed by atoms with Gasteiger partial charge >= 0.3 is 5.97 Å². The van der Waals surface area contributed by atoms with E-state index in [4.69, 9.17) is 0 Å². The van der Waals surface area contributed by atoms with Gasteiger partial charge in [0.2, 0.25) is 0 Å². The molecule has 0 aliphatic rings. The van der Waals surface area contributed by atoms with Crippen molar-refractivity contribution in [3.8, 4) is 5.69 Å². The molecule has 18 heavy (non-hydrogen) atoms. The molecule has 0 radical (unpaired) electrons. The fourth-order valence-corrected chi connectivity index (χ4v) is 1.57. The monoisotopic (exact) mass is 250 g/mol. The van der Waals surface area contributed by atoms with Crippen LogP contribution in [0.4, 0.5) is 4.39 Å². The van der Waals surface area contributed by atoms with E-state index in [1.807, 2.05) is 0 Å². The first-order chi connectivity index (χ1) is 8.61. The lowest BCUT2D eigenvalue weighted by Gasteiger charge is -2.00. The average Bonchev–Trinajstić information content (AvgIpc) is 2.71. The first-order valence-electron chi connectivity index (χ1n) is 5.24. The van der Waals surface area contributed by atoms with E-state index in [2.05, 4.69) is 9.84 Å². The minimum Gasteiger partial charge on any atom is -0.469 e. The number of aromatic nitrogens is 2. The van der Waals surface area contributed by atoms with Crippen LogP contribution in [0.25, 0.3) is 5.69 Å². The van der Waals surface area contributed by atoms with Crippen molar-refractivity contribution in [3.05, 3.63) is 52.2 Å². The third-order valence-electron chi connectivity index (χ3n) is 2.47. The zero-order valence-electron chi connectivity index (χ0n) is 9.64. The predicted molar refractivity (Wildman–Crippen MR) is 62.1 cm³/mol. The van der Waals surface area contributed by atoms with Gasteiger partial charge in [0.15, 0.2) is 0 Å². The molecule has 6 heteroatoms. The van der Waals surface area contributed by atoms with E-state index >= 15 is 0 Å². The molecule has 0 fully saturated rings. The summed E-state index contributed by atoms with van der Waals surface area (Å²) in [6, 6.07) is 5.59. The Kier molecular flexibility index (Phi) is 3.27. The number of halogens is 1. The summed E-state index contributed by atoms with van der Waals surface area (Å²) >= 11 is 0. The Morgan fingerprint density at radius 3 is 2.94 bits per heavy atom. The Morgan fingerprint density at radius 1 is 1.50 bits per heavy atom. The fraction of sp³-hybridized carbons (Fsp3) is 0.167. The number of aromatic amines is 1. The van der Waals surface area contributed by atoms with Crippen molar-refractivity contribution in [1.29, 1.82) is 0 Å². The Balaban J connectivity index is 2.37. The Bertz CT molecular complexity index is 630. The summed E-state index contributed by atoms with van der Waals surface area (Å²) in [5.41, 5.74) is 0.244. The van der Waals surface area contributed by atoms with E-state index in [0.717, 1.165) is 0 Å². The molecule has 94 valence electrons. The summed E-state index contributed by atoms with van der Waals surface area (Å²) in [5, 5.41) is 2.68. The van der Waals surface area contributed by atoms with Crippen LogP contribution in [-0.2, 0) is 16.0 Å². The van der Waals surface area contributed by atoms with E-state index in [-0.39, 0.29) is 12.0 Å². The van der Waals surface area contributed by atoms with Crippen LogP contribution in [0.2, 0.25) is 0 Å². The highest BCUT2D eigenvalue weighted by Crippen LogP contribution is 2.07. The number of hydrogen-bond donors (Lipinski definition) is 1. The van der Waals surface area contributed by atoms with E-state index in [0.29, 0.717) is 5.69 Å². The van der Waals surface area contributed by atoms with E-state index in [1.165, 1.54) is 36.2 Å². The standard InChI is InChI=1S/C12H11FN2O3/c1-18-11(16)5-8-7-14-15(12(8)17)10-4-2-3-9(13)6-10/h2-4,6-7,14H,5H2,1H3. The van der Waals surface area contributed by atoms with Crippen molar-refractivity contribution in [2.75, 3.05) is 7.11 Å². The predicted octanol–water partition coefficient (Wildman–Crippen LogP) is 1.02. The number of H-pyrrole nitrogens is 1. The summed E-state index contributed by atoms with van der Waals surface area (Å²) in [7, 11) is 1.25. The third kappa shape index (κ3) is 2.32. The Hall–Kier alpha value is -2.37. The Labute approximate surface area is 102 Å². The van der Waals surface area contributed by atoms with E-state index in [1.54, 1.807) is 6.07 Å². The average molecular weight is 250 g/mol. The second kappa shape index (κ2) is 4.87. The molecule has 0 bridgehead atoms. The highest BCUT2D eigenvalue weighted by molar-refractivity contribution is 5.72. The minimum absolute atomic E-state index is 0.117. The highest BCUT2D eigenvalue weighted by atomic mass is 19.1. The van der Waals surface area contributed by atoms with Crippen LogP contribution < -0.4 is 5.56 Å². The highest BCUT2D eigenvalue weighted by Gasteiger charge is 2.12. The van der Waals surface area contributed by atoms with Crippen molar-refractivity contribution in [2.24, 2.45) is 0 Å². The van der Waals surface area contributed by atoms with Crippen LogP contribution in [0.5, 0.6) is 0 Å². The maximum absolute atomic E-state index is 13.1. The van der Waals surface area contributed by atoms with Gasteiger partial charge in [-0.3, -0.25) is 14.7 Å². The zero-order valence-corrected chi connectivity index (χ0v) is 9.64.